The Morgan fingerprint density at radius 1 is 1.00 bits per heavy atom. The maximum absolute atomic E-state index is 13.3. The van der Waals surface area contributed by atoms with Gasteiger partial charge in [0.1, 0.15) is 0 Å². The van der Waals surface area contributed by atoms with Crippen LogP contribution in [0.5, 0.6) is 11.5 Å². The predicted molar refractivity (Wildman–Crippen MR) is 124 cm³/mol. The number of nitrogens with one attached hydrogen (secondary N) is 1. The average molecular weight is 420 g/mol. The fraction of sp³-hybridized carbons (Fsp3) is 0.269. The van der Waals surface area contributed by atoms with Crippen LogP contribution in [0.25, 0.3) is 11.1 Å². The number of amides is 1. The van der Waals surface area contributed by atoms with Gasteiger partial charge in [0.25, 0.3) is 0 Å². The first-order chi connectivity index (χ1) is 15.1. The van der Waals surface area contributed by atoms with Gasteiger partial charge in [-0.15, -0.1) is 0 Å². The zero-order valence-electron chi connectivity index (χ0n) is 17.5. The van der Waals surface area contributed by atoms with E-state index in [1.807, 2.05) is 54.6 Å². The van der Waals surface area contributed by atoms with Crippen molar-refractivity contribution in [1.82, 2.24) is 0 Å². The van der Waals surface area contributed by atoms with Crippen LogP contribution in [0.15, 0.2) is 60.7 Å². The van der Waals surface area contributed by atoms with Gasteiger partial charge in [-0.05, 0) is 71.3 Å². The standard InChI is InChI=1S/C26H25NO4.2H2/c1-2-17-7-9-20(14-22(17)21-6-4-3-5-18(21)15-28)27-25(29)26(11-12-26)19-8-10-23-24(13-19)31-16-30-23;;/h3-10,13-14,28H,2,11-12,15-16H2,1H3,(H,27,29);2*1H. The molecule has 3 aromatic rings. The minimum Gasteiger partial charge on any atom is -0.454 e. The van der Waals surface area contributed by atoms with Gasteiger partial charge >= 0.3 is 0 Å². The maximum Gasteiger partial charge on any atom is 0.235 e. The summed E-state index contributed by atoms with van der Waals surface area (Å²) in [4.78, 5) is 13.3. The number of aliphatic hydroxyl groups is 1. The number of ether oxygens (including phenoxy) is 2. The molecule has 2 aliphatic rings. The fourth-order valence-electron chi connectivity index (χ4n) is 4.35. The Hall–Kier alpha value is -3.31. The number of hydrogen-bond acceptors (Lipinski definition) is 4. The smallest absolute Gasteiger partial charge is 0.235 e. The summed E-state index contributed by atoms with van der Waals surface area (Å²) in [5.74, 6) is 1.42. The minimum absolute atomic E-state index is 0. The Morgan fingerprint density at radius 2 is 1.81 bits per heavy atom. The highest BCUT2D eigenvalue weighted by atomic mass is 16.7. The van der Waals surface area contributed by atoms with Crippen LogP contribution in [-0.2, 0) is 23.2 Å². The number of anilines is 1. The topological polar surface area (TPSA) is 67.8 Å². The molecular formula is C26H29NO4. The van der Waals surface area contributed by atoms with E-state index in [-0.39, 0.29) is 22.2 Å². The average Bonchev–Trinajstić information content (AvgIpc) is 3.50. The number of fused-ring (bicyclic) bond motifs is 1. The van der Waals surface area contributed by atoms with E-state index >= 15 is 0 Å². The molecule has 1 fully saturated rings. The largest absolute Gasteiger partial charge is 0.454 e. The van der Waals surface area contributed by atoms with E-state index in [4.69, 9.17) is 9.47 Å². The lowest BCUT2D eigenvalue weighted by atomic mass is 9.92. The molecule has 0 atom stereocenters. The van der Waals surface area contributed by atoms with Crippen LogP contribution in [0, 0.1) is 0 Å². The molecule has 3 aromatic carbocycles. The van der Waals surface area contributed by atoms with Crippen LogP contribution in [0.1, 0.15) is 39.3 Å². The number of carbonyl (C=O) groups excluding carboxylic acids is 1. The van der Waals surface area contributed by atoms with E-state index < -0.39 is 5.41 Å². The van der Waals surface area contributed by atoms with Crippen molar-refractivity contribution in [2.24, 2.45) is 0 Å². The van der Waals surface area contributed by atoms with Crippen molar-refractivity contribution in [2.75, 3.05) is 12.1 Å². The maximum atomic E-state index is 13.3. The Kier molecular flexibility index (Phi) is 4.91. The Labute approximate surface area is 184 Å². The Morgan fingerprint density at radius 3 is 2.58 bits per heavy atom. The molecule has 1 saturated carbocycles. The molecule has 0 saturated heterocycles. The normalized spacial score (nSPS) is 15.5. The van der Waals surface area contributed by atoms with E-state index in [0.717, 1.165) is 53.0 Å². The predicted octanol–water partition coefficient (Wildman–Crippen LogP) is 5.30. The van der Waals surface area contributed by atoms with E-state index in [2.05, 4.69) is 18.3 Å². The number of aliphatic hydroxyl groups excluding tert-OH is 1. The fourth-order valence-corrected chi connectivity index (χ4v) is 4.35. The molecule has 0 radical (unpaired) electrons. The highest BCUT2D eigenvalue weighted by Gasteiger charge is 2.51. The van der Waals surface area contributed by atoms with Gasteiger partial charge in [-0.1, -0.05) is 43.3 Å². The highest BCUT2D eigenvalue weighted by Crippen LogP contribution is 2.51. The third kappa shape index (κ3) is 3.45. The van der Waals surface area contributed by atoms with Gasteiger partial charge < -0.3 is 19.9 Å². The van der Waals surface area contributed by atoms with Crippen molar-refractivity contribution < 1.29 is 22.2 Å². The van der Waals surface area contributed by atoms with Crippen LogP contribution in [-0.4, -0.2) is 17.8 Å². The molecule has 5 rings (SSSR count). The van der Waals surface area contributed by atoms with Crippen molar-refractivity contribution in [2.45, 2.75) is 38.2 Å². The van der Waals surface area contributed by atoms with Crippen molar-refractivity contribution in [3.8, 4) is 22.6 Å². The summed E-state index contributed by atoms with van der Waals surface area (Å²) in [5, 5.41) is 12.9. The lowest BCUT2D eigenvalue weighted by molar-refractivity contribution is -0.118. The van der Waals surface area contributed by atoms with Gasteiger partial charge in [0.2, 0.25) is 12.7 Å². The van der Waals surface area contributed by atoms with Crippen LogP contribution < -0.4 is 14.8 Å². The SMILES string of the molecule is CCc1ccc(NC(=O)C2(c3ccc4c(c3)OCO4)CC2)cc1-c1ccccc1CO.[HH].[HH]. The highest BCUT2D eigenvalue weighted by molar-refractivity contribution is 6.02. The van der Waals surface area contributed by atoms with Crippen LogP contribution in [0.2, 0.25) is 0 Å². The molecule has 0 spiro atoms. The van der Waals surface area contributed by atoms with Crippen LogP contribution >= 0.6 is 0 Å². The zero-order valence-corrected chi connectivity index (χ0v) is 17.5. The second-order valence-electron chi connectivity index (χ2n) is 8.15. The summed E-state index contributed by atoms with van der Waals surface area (Å²) in [7, 11) is 0. The second-order valence-corrected chi connectivity index (χ2v) is 8.15. The third-order valence-corrected chi connectivity index (χ3v) is 6.34. The van der Waals surface area contributed by atoms with Gasteiger partial charge in [-0.3, -0.25) is 4.79 Å². The molecule has 5 nitrogen and oxygen atoms in total. The molecule has 1 amide bonds. The van der Waals surface area contributed by atoms with E-state index in [0.29, 0.717) is 5.75 Å². The molecule has 162 valence electrons. The van der Waals surface area contributed by atoms with E-state index in [9.17, 15) is 9.90 Å². The van der Waals surface area contributed by atoms with Crippen molar-refractivity contribution in [3.63, 3.8) is 0 Å². The summed E-state index contributed by atoms with van der Waals surface area (Å²) in [5.41, 5.74) is 5.29. The first-order valence-electron chi connectivity index (χ1n) is 10.7. The minimum atomic E-state index is -0.520. The summed E-state index contributed by atoms with van der Waals surface area (Å²) < 4.78 is 10.9. The zero-order chi connectivity index (χ0) is 21.4. The molecule has 1 aliphatic carbocycles. The monoisotopic (exact) mass is 419 g/mol. The lowest BCUT2D eigenvalue weighted by Crippen LogP contribution is -2.27. The number of carbonyl (C=O) groups is 1. The number of aryl methyl sites for hydroxylation is 1. The molecule has 0 bridgehead atoms. The molecule has 5 heteroatoms. The summed E-state index contributed by atoms with van der Waals surface area (Å²) in [6.45, 7) is 2.31. The summed E-state index contributed by atoms with van der Waals surface area (Å²) in [6.07, 6.45) is 2.49. The van der Waals surface area contributed by atoms with Gasteiger partial charge in [-0.2, -0.15) is 0 Å². The van der Waals surface area contributed by atoms with Crippen LogP contribution in [0.3, 0.4) is 0 Å². The van der Waals surface area contributed by atoms with E-state index in [1.54, 1.807) is 0 Å². The number of rotatable bonds is 6. The first-order valence-corrected chi connectivity index (χ1v) is 10.7. The summed E-state index contributed by atoms with van der Waals surface area (Å²) in [6, 6.07) is 19.6. The van der Waals surface area contributed by atoms with Gasteiger partial charge in [0.05, 0.1) is 12.0 Å². The van der Waals surface area contributed by atoms with Crippen LogP contribution in [0.4, 0.5) is 5.69 Å². The molecule has 1 heterocycles. The Bertz CT molecular complexity index is 1160. The second kappa shape index (κ2) is 7.75. The molecule has 2 N–H and O–H groups in total. The quantitative estimate of drug-likeness (QED) is 0.569. The third-order valence-electron chi connectivity index (χ3n) is 6.34. The van der Waals surface area contributed by atoms with Crippen molar-refractivity contribution in [3.05, 3.63) is 77.4 Å². The Balaban J connectivity index is 0.00000153. The molecular weight excluding hydrogens is 390 g/mol. The molecule has 1 aliphatic heterocycles. The molecule has 31 heavy (non-hydrogen) atoms. The van der Waals surface area contributed by atoms with Crippen molar-refractivity contribution in [1.29, 1.82) is 0 Å². The molecule has 0 aromatic heterocycles. The van der Waals surface area contributed by atoms with Gasteiger partial charge in [0.15, 0.2) is 11.5 Å². The summed E-state index contributed by atoms with van der Waals surface area (Å²) >= 11 is 0. The number of benzene rings is 3. The van der Waals surface area contributed by atoms with Crippen molar-refractivity contribution >= 4 is 11.6 Å². The lowest BCUT2D eigenvalue weighted by Gasteiger charge is -2.18. The number of hydrogen-bond donors (Lipinski definition) is 2. The van der Waals surface area contributed by atoms with E-state index in [1.165, 1.54) is 5.56 Å². The van der Waals surface area contributed by atoms with Gasteiger partial charge in [0, 0.05) is 8.54 Å². The first kappa shape index (κ1) is 19.6. The van der Waals surface area contributed by atoms with Gasteiger partial charge in [-0.25, -0.2) is 0 Å². The molecule has 0 unspecified atom stereocenters.